The SMILES string of the molecule is C[N+](C)(C#P=O)CCO.C[N+](C)(C)[O-].OCC(O)CO. The van der Waals surface area contributed by atoms with Crippen LogP contribution in [0.2, 0.25) is 0 Å². The Morgan fingerprint density at radius 1 is 1.10 bits per heavy atom. The smallest absolute Gasteiger partial charge is 0.100 e. The van der Waals surface area contributed by atoms with Crippen molar-refractivity contribution in [3.63, 3.8) is 0 Å². The second kappa shape index (κ2) is 13.7. The first-order valence-corrected chi connectivity index (χ1v) is 6.70. The van der Waals surface area contributed by atoms with Crippen molar-refractivity contribution >= 4 is 7.92 Å². The fraction of sp³-hybridized carbons (Fsp3) is 0.909. The van der Waals surface area contributed by atoms with Crippen LogP contribution < -0.4 is 0 Å². The minimum absolute atomic E-state index is 0.0928. The summed E-state index contributed by atoms with van der Waals surface area (Å²) in [5.41, 5.74) is 0. The Bertz CT molecular complexity index is 302. The first-order chi connectivity index (χ1) is 8.93. The van der Waals surface area contributed by atoms with Crippen molar-refractivity contribution in [2.75, 3.05) is 61.6 Å². The molecule has 4 N–H and O–H groups in total. The largest absolute Gasteiger partial charge is 0.633 e. The molecule has 20 heavy (non-hydrogen) atoms. The third-order valence-corrected chi connectivity index (χ3v) is 2.02. The number of aliphatic hydroxyl groups excluding tert-OH is 4. The normalized spacial score (nSPS) is 10.8. The molecule has 0 fully saturated rings. The fourth-order valence-electron chi connectivity index (χ4n) is 0.468. The number of quaternary nitrogens is 2. The molecule has 8 nitrogen and oxygen atoms in total. The van der Waals surface area contributed by atoms with E-state index in [4.69, 9.17) is 20.4 Å². The number of likely N-dealkylation sites (N-methyl/N-ethyl adjacent to an activating group) is 1. The molecule has 0 atom stereocenters. The van der Waals surface area contributed by atoms with Crippen molar-refractivity contribution in [3.8, 4) is 5.75 Å². The molecule has 0 aromatic heterocycles. The zero-order valence-corrected chi connectivity index (χ0v) is 13.7. The van der Waals surface area contributed by atoms with Crippen LogP contribution in [-0.4, -0.2) is 97.3 Å². The maximum absolute atomic E-state index is 10.0. The van der Waals surface area contributed by atoms with Gasteiger partial charge in [-0.3, -0.25) is 0 Å². The number of hydroxylamine groups is 3. The van der Waals surface area contributed by atoms with Crippen LogP contribution in [0.4, 0.5) is 0 Å². The van der Waals surface area contributed by atoms with Gasteiger partial charge in [-0.05, 0) is 0 Å². The average molecular weight is 315 g/mol. The van der Waals surface area contributed by atoms with Crippen LogP contribution in [0.5, 0.6) is 0 Å². The van der Waals surface area contributed by atoms with Gasteiger partial charge in [0.1, 0.15) is 6.10 Å². The van der Waals surface area contributed by atoms with Gasteiger partial charge >= 0.3 is 55.1 Å². The van der Waals surface area contributed by atoms with Gasteiger partial charge in [0.05, 0.1) is 34.4 Å². The Morgan fingerprint density at radius 3 is 1.60 bits per heavy atom. The second-order valence-corrected chi connectivity index (χ2v) is 5.61. The summed E-state index contributed by atoms with van der Waals surface area (Å²) in [6.07, 6.45) is -0.954. The molecule has 0 aliphatic rings. The van der Waals surface area contributed by atoms with Gasteiger partial charge < -0.3 is 25.2 Å². The van der Waals surface area contributed by atoms with Crippen molar-refractivity contribution in [1.29, 1.82) is 0 Å². The van der Waals surface area contributed by atoms with E-state index in [1.807, 2.05) is 14.1 Å². The van der Waals surface area contributed by atoms with Gasteiger partial charge in [0.25, 0.3) is 0 Å². The number of hydrogen-bond donors (Lipinski definition) is 4. The second-order valence-electron chi connectivity index (χ2n) is 5.23. The maximum Gasteiger partial charge on any atom is 0.100 e. The van der Waals surface area contributed by atoms with E-state index in [1.54, 1.807) is 21.1 Å². The van der Waals surface area contributed by atoms with Gasteiger partial charge in [0, 0.05) is 0 Å². The van der Waals surface area contributed by atoms with Crippen LogP contribution >= 0.6 is 7.92 Å². The Hall–Kier alpha value is -0.270. The van der Waals surface area contributed by atoms with E-state index in [-0.39, 0.29) is 32.4 Å². The van der Waals surface area contributed by atoms with E-state index in [1.165, 1.54) is 0 Å². The van der Waals surface area contributed by atoms with E-state index >= 15 is 0 Å². The number of nitrogens with zero attached hydrogens (tertiary/aromatic N) is 2. The molecule has 0 spiro atoms. The predicted molar refractivity (Wildman–Crippen MR) is 77.1 cm³/mol. The van der Waals surface area contributed by atoms with Crippen LogP contribution in [0.25, 0.3) is 0 Å². The van der Waals surface area contributed by atoms with Crippen LogP contribution in [0.1, 0.15) is 0 Å². The summed E-state index contributed by atoms with van der Waals surface area (Å²) in [4.78, 5) is 0. The molecule has 0 bridgehead atoms. The molecule has 0 saturated carbocycles. The molecule has 0 saturated heterocycles. The summed E-state index contributed by atoms with van der Waals surface area (Å²) in [6, 6.07) is 0. The molecular formula is C11H28N2O6P+. The van der Waals surface area contributed by atoms with Crippen molar-refractivity contribution in [2.45, 2.75) is 6.10 Å². The van der Waals surface area contributed by atoms with Gasteiger partial charge in [-0.15, -0.1) is 0 Å². The molecule has 0 amide bonds. The fourth-order valence-corrected chi connectivity index (χ4v) is 0.789. The zero-order valence-electron chi connectivity index (χ0n) is 12.9. The minimum Gasteiger partial charge on any atom is -0.633 e. The molecule has 0 radical (unpaired) electrons. The van der Waals surface area contributed by atoms with E-state index in [9.17, 15) is 9.77 Å². The molecular weight excluding hydrogens is 287 g/mol. The van der Waals surface area contributed by atoms with Gasteiger partial charge in [0.15, 0.2) is 0 Å². The number of hydrogen-bond acceptors (Lipinski definition) is 6. The van der Waals surface area contributed by atoms with E-state index in [0.29, 0.717) is 11.0 Å². The van der Waals surface area contributed by atoms with Gasteiger partial charge in [-0.2, -0.15) is 0 Å². The number of rotatable bonds is 4. The van der Waals surface area contributed by atoms with Crippen molar-refractivity contribution in [3.05, 3.63) is 5.21 Å². The minimum atomic E-state index is -0.954. The summed E-state index contributed by atoms with van der Waals surface area (Å²) >= 11 is 0. The Balaban J connectivity index is -0.000000230. The molecule has 0 heterocycles. The number of aliphatic hydroxyl groups is 4. The van der Waals surface area contributed by atoms with Crippen molar-refractivity contribution < 1.29 is 34.1 Å². The van der Waals surface area contributed by atoms with Crippen LogP contribution in [0.15, 0.2) is 0 Å². The molecule has 0 unspecified atom stereocenters. The zero-order chi connectivity index (χ0) is 16.8. The third kappa shape index (κ3) is 36.1. The summed E-state index contributed by atoms with van der Waals surface area (Å²) in [5.74, 6) is 2.62. The predicted octanol–water partition coefficient (Wildman–Crippen LogP) is -1.21. The Labute approximate surface area is 121 Å². The molecule has 0 aliphatic heterocycles. The van der Waals surface area contributed by atoms with Gasteiger partial charge in [0.2, 0.25) is 0 Å². The molecule has 9 heteroatoms. The standard InChI is InChI=1S/C5H11NO2P.C3H9NO.C3H8O3/c1-6(2,3-4-7)5-9-8;1-4(2,3)5;4-1-3(6)2-5/h7H,3-4H2,1-2H3;1-3H3;3-6H,1-2H2/q+1;;. The molecule has 0 rings (SSSR count). The average Bonchev–Trinajstić information content (AvgIpc) is 2.26. The van der Waals surface area contributed by atoms with E-state index in [0.717, 1.165) is 0 Å². The van der Waals surface area contributed by atoms with Crippen LogP contribution in [0, 0.1) is 11.0 Å². The van der Waals surface area contributed by atoms with Crippen molar-refractivity contribution in [1.82, 2.24) is 0 Å². The summed E-state index contributed by atoms with van der Waals surface area (Å²) in [7, 11) is 8.24. The van der Waals surface area contributed by atoms with Crippen LogP contribution in [-0.2, 0) is 4.57 Å². The van der Waals surface area contributed by atoms with E-state index < -0.39 is 6.10 Å². The quantitative estimate of drug-likeness (QED) is 0.293. The van der Waals surface area contributed by atoms with Crippen LogP contribution in [0.3, 0.4) is 0 Å². The molecule has 122 valence electrons. The van der Waals surface area contributed by atoms with Crippen molar-refractivity contribution in [2.24, 2.45) is 0 Å². The maximum atomic E-state index is 10.0. The molecule has 0 aliphatic carbocycles. The van der Waals surface area contributed by atoms with Gasteiger partial charge in [-0.25, -0.2) is 0 Å². The summed E-state index contributed by atoms with van der Waals surface area (Å²) < 4.78 is 10.1. The summed E-state index contributed by atoms with van der Waals surface area (Å²) in [5, 5.41) is 42.5. The topological polar surface area (TPSA) is 121 Å². The summed E-state index contributed by atoms with van der Waals surface area (Å²) in [6.45, 7) is -0.0856. The first kappa shape index (κ1) is 24.7. The third-order valence-electron chi connectivity index (χ3n) is 1.39. The Morgan fingerprint density at radius 2 is 1.45 bits per heavy atom. The molecule has 0 aromatic carbocycles. The molecule has 0 aromatic rings. The van der Waals surface area contributed by atoms with Gasteiger partial charge in [-0.1, -0.05) is 0 Å². The Kier molecular flexibility index (Phi) is 16.9. The monoisotopic (exact) mass is 315 g/mol. The first-order valence-electron chi connectivity index (χ1n) is 5.89. The van der Waals surface area contributed by atoms with E-state index in [2.05, 4.69) is 5.75 Å².